The third-order valence-corrected chi connectivity index (χ3v) is 2.74. The van der Waals surface area contributed by atoms with Crippen LogP contribution in [0.25, 0.3) is 0 Å². The van der Waals surface area contributed by atoms with Crippen LogP contribution < -0.4 is 5.43 Å². The van der Waals surface area contributed by atoms with E-state index in [1.165, 1.54) is 12.1 Å². The number of halogens is 4. The van der Waals surface area contributed by atoms with E-state index in [1.807, 2.05) is 0 Å². The SMILES string of the molecule is FC(F)(F)c1ccc(NN=Cc2ccc(Cl)cc2)cc1. The van der Waals surface area contributed by atoms with E-state index in [9.17, 15) is 13.2 Å². The van der Waals surface area contributed by atoms with E-state index >= 15 is 0 Å². The molecule has 0 aliphatic carbocycles. The molecule has 0 bridgehead atoms. The van der Waals surface area contributed by atoms with Crippen molar-refractivity contribution in [3.63, 3.8) is 0 Å². The van der Waals surface area contributed by atoms with Gasteiger partial charge in [-0.1, -0.05) is 23.7 Å². The maximum absolute atomic E-state index is 12.4. The fraction of sp³-hybridized carbons (Fsp3) is 0.0714. The molecule has 0 aliphatic rings. The lowest BCUT2D eigenvalue weighted by Gasteiger charge is -2.07. The van der Waals surface area contributed by atoms with Crippen LogP contribution in [0.2, 0.25) is 5.02 Å². The second-order valence-electron chi connectivity index (χ2n) is 4.00. The van der Waals surface area contributed by atoms with Crippen LogP contribution in [0.3, 0.4) is 0 Å². The van der Waals surface area contributed by atoms with Gasteiger partial charge < -0.3 is 0 Å². The van der Waals surface area contributed by atoms with Crippen molar-refractivity contribution in [1.82, 2.24) is 0 Å². The molecule has 0 heterocycles. The number of hydrogen-bond donors (Lipinski definition) is 1. The van der Waals surface area contributed by atoms with Gasteiger partial charge in [0.15, 0.2) is 0 Å². The molecule has 0 aliphatic heterocycles. The van der Waals surface area contributed by atoms with Crippen molar-refractivity contribution in [3.05, 3.63) is 64.7 Å². The van der Waals surface area contributed by atoms with Crippen LogP contribution in [0.5, 0.6) is 0 Å². The number of hydrazone groups is 1. The van der Waals surface area contributed by atoms with Crippen LogP contribution >= 0.6 is 11.6 Å². The van der Waals surface area contributed by atoms with Crippen molar-refractivity contribution in [2.45, 2.75) is 6.18 Å². The molecule has 2 rings (SSSR count). The third-order valence-electron chi connectivity index (χ3n) is 2.49. The minimum absolute atomic E-state index is 0.475. The van der Waals surface area contributed by atoms with Gasteiger partial charge in [-0.15, -0.1) is 0 Å². The molecule has 0 aromatic heterocycles. The Balaban J connectivity index is 1.99. The highest BCUT2D eigenvalue weighted by Gasteiger charge is 2.29. The smallest absolute Gasteiger partial charge is 0.279 e. The number of benzene rings is 2. The molecule has 2 aromatic rings. The molecule has 0 amide bonds. The molecule has 1 N–H and O–H groups in total. The lowest BCUT2D eigenvalue weighted by atomic mass is 10.2. The standard InChI is InChI=1S/C14H10ClF3N2/c15-12-5-1-10(2-6-12)9-19-20-13-7-3-11(4-8-13)14(16,17)18/h1-9,20H. The van der Waals surface area contributed by atoms with E-state index in [0.717, 1.165) is 17.7 Å². The molecule has 2 nitrogen and oxygen atoms in total. The van der Waals surface area contributed by atoms with Gasteiger partial charge in [-0.25, -0.2) is 0 Å². The van der Waals surface area contributed by atoms with E-state index in [0.29, 0.717) is 10.7 Å². The average Bonchev–Trinajstić information content (AvgIpc) is 2.41. The topological polar surface area (TPSA) is 24.4 Å². The number of nitrogens with zero attached hydrogens (tertiary/aromatic N) is 1. The van der Waals surface area contributed by atoms with Crippen molar-refractivity contribution in [3.8, 4) is 0 Å². The maximum Gasteiger partial charge on any atom is 0.416 e. The molecule has 104 valence electrons. The summed E-state index contributed by atoms with van der Waals surface area (Å²) in [5.41, 5.74) is 3.27. The van der Waals surface area contributed by atoms with Crippen LogP contribution in [-0.4, -0.2) is 6.21 Å². The number of nitrogens with one attached hydrogen (secondary N) is 1. The molecular formula is C14H10ClF3N2. The molecule has 2 aromatic carbocycles. The van der Waals surface area contributed by atoms with E-state index in [-0.39, 0.29) is 0 Å². The Morgan fingerprint density at radius 1 is 0.950 bits per heavy atom. The molecule has 6 heteroatoms. The van der Waals surface area contributed by atoms with Crippen molar-refractivity contribution in [2.75, 3.05) is 5.43 Å². The van der Waals surface area contributed by atoms with Gasteiger partial charge in [-0.2, -0.15) is 18.3 Å². The highest BCUT2D eigenvalue weighted by molar-refractivity contribution is 6.30. The van der Waals surface area contributed by atoms with Gasteiger partial charge in [-0.05, 0) is 42.0 Å². The van der Waals surface area contributed by atoms with Crippen molar-refractivity contribution >= 4 is 23.5 Å². The molecule has 0 unspecified atom stereocenters. The zero-order valence-corrected chi connectivity index (χ0v) is 10.9. The number of alkyl halides is 3. The quantitative estimate of drug-likeness (QED) is 0.638. The molecule has 0 radical (unpaired) electrons. The first-order valence-corrected chi connectivity index (χ1v) is 6.05. The van der Waals surface area contributed by atoms with Gasteiger partial charge in [0.05, 0.1) is 17.5 Å². The minimum Gasteiger partial charge on any atom is -0.279 e. The van der Waals surface area contributed by atoms with Crippen LogP contribution in [0, 0.1) is 0 Å². The summed E-state index contributed by atoms with van der Waals surface area (Å²) in [6, 6.07) is 11.6. The van der Waals surface area contributed by atoms with E-state index < -0.39 is 11.7 Å². The van der Waals surface area contributed by atoms with Crippen molar-refractivity contribution in [2.24, 2.45) is 5.10 Å². The average molecular weight is 299 g/mol. The summed E-state index contributed by atoms with van der Waals surface area (Å²) in [6.45, 7) is 0. The third kappa shape index (κ3) is 3.99. The summed E-state index contributed by atoms with van der Waals surface area (Å²) in [7, 11) is 0. The van der Waals surface area contributed by atoms with Crippen LogP contribution in [0.4, 0.5) is 18.9 Å². The Bertz CT molecular complexity index is 589. The van der Waals surface area contributed by atoms with Gasteiger partial charge in [-0.3, -0.25) is 5.43 Å². The first-order valence-electron chi connectivity index (χ1n) is 5.67. The van der Waals surface area contributed by atoms with E-state index in [2.05, 4.69) is 10.5 Å². The van der Waals surface area contributed by atoms with Gasteiger partial charge >= 0.3 is 6.18 Å². The molecule has 0 saturated heterocycles. The van der Waals surface area contributed by atoms with Gasteiger partial charge in [0.2, 0.25) is 0 Å². The van der Waals surface area contributed by atoms with Gasteiger partial charge in [0.1, 0.15) is 0 Å². The van der Waals surface area contributed by atoms with Crippen molar-refractivity contribution in [1.29, 1.82) is 0 Å². The highest BCUT2D eigenvalue weighted by Crippen LogP contribution is 2.29. The van der Waals surface area contributed by atoms with Gasteiger partial charge in [0.25, 0.3) is 0 Å². The Morgan fingerprint density at radius 3 is 2.10 bits per heavy atom. The zero-order valence-electron chi connectivity index (χ0n) is 10.2. The van der Waals surface area contributed by atoms with E-state index in [4.69, 9.17) is 11.6 Å². The summed E-state index contributed by atoms with van der Waals surface area (Å²) >= 11 is 5.74. The summed E-state index contributed by atoms with van der Waals surface area (Å²) in [5, 5.41) is 4.56. The second-order valence-corrected chi connectivity index (χ2v) is 4.43. The van der Waals surface area contributed by atoms with Gasteiger partial charge in [0, 0.05) is 5.02 Å². The molecular weight excluding hydrogens is 289 g/mol. The Morgan fingerprint density at radius 2 is 1.55 bits per heavy atom. The molecule has 0 spiro atoms. The minimum atomic E-state index is -4.33. The number of anilines is 1. The molecule has 0 fully saturated rings. The molecule has 20 heavy (non-hydrogen) atoms. The Hall–Kier alpha value is -2.01. The maximum atomic E-state index is 12.4. The summed E-state index contributed by atoms with van der Waals surface area (Å²) in [5.74, 6) is 0. The molecule has 0 saturated carbocycles. The summed E-state index contributed by atoms with van der Waals surface area (Å²) < 4.78 is 37.1. The van der Waals surface area contributed by atoms with Crippen LogP contribution in [0.15, 0.2) is 53.6 Å². The predicted octanol–water partition coefficient (Wildman–Crippen LogP) is 4.80. The highest BCUT2D eigenvalue weighted by atomic mass is 35.5. The molecule has 0 atom stereocenters. The first kappa shape index (κ1) is 14.4. The lowest BCUT2D eigenvalue weighted by molar-refractivity contribution is -0.137. The Labute approximate surface area is 118 Å². The fourth-order valence-electron chi connectivity index (χ4n) is 1.46. The second kappa shape index (κ2) is 5.96. The normalized spacial score (nSPS) is 11.8. The lowest BCUT2D eigenvalue weighted by Crippen LogP contribution is -2.04. The Kier molecular flexibility index (Phi) is 4.29. The summed E-state index contributed by atoms with van der Waals surface area (Å²) in [6.07, 6.45) is -2.78. The predicted molar refractivity (Wildman–Crippen MR) is 74.1 cm³/mol. The monoisotopic (exact) mass is 298 g/mol. The first-order chi connectivity index (χ1) is 9.45. The number of hydrogen-bond acceptors (Lipinski definition) is 2. The van der Waals surface area contributed by atoms with Crippen LogP contribution in [0.1, 0.15) is 11.1 Å². The zero-order chi connectivity index (χ0) is 14.6. The summed E-state index contributed by atoms with van der Waals surface area (Å²) in [4.78, 5) is 0. The number of rotatable bonds is 3. The largest absolute Gasteiger partial charge is 0.416 e. The van der Waals surface area contributed by atoms with E-state index in [1.54, 1.807) is 30.5 Å². The fourth-order valence-corrected chi connectivity index (χ4v) is 1.59. The van der Waals surface area contributed by atoms with Crippen LogP contribution in [-0.2, 0) is 6.18 Å². The van der Waals surface area contributed by atoms with Crippen molar-refractivity contribution < 1.29 is 13.2 Å².